The fraction of sp³-hybridized carbons (Fsp3) is 0.385. The molecule has 1 aromatic heterocycles. The molecule has 1 aromatic carbocycles. The maximum absolute atomic E-state index is 14.0. The van der Waals surface area contributed by atoms with E-state index in [4.69, 9.17) is 9.47 Å². The van der Waals surface area contributed by atoms with Crippen LogP contribution in [-0.4, -0.2) is 48.6 Å². The van der Waals surface area contributed by atoms with Crippen LogP contribution in [-0.2, 0) is 4.74 Å². The largest absolute Gasteiger partial charge is 0.496 e. The highest BCUT2D eigenvalue weighted by Crippen LogP contribution is 2.30. The highest BCUT2D eigenvalue weighted by atomic mass is 19.1. The van der Waals surface area contributed by atoms with Crippen LogP contribution in [0.2, 0.25) is 0 Å². The highest BCUT2D eigenvalue weighted by molar-refractivity contribution is 5.65. The number of methoxy groups -OCH3 is 1. The molecule has 0 saturated carbocycles. The molecule has 0 aliphatic carbocycles. The minimum absolute atomic E-state index is 0.294. The van der Waals surface area contributed by atoms with E-state index in [1.807, 2.05) is 4.90 Å². The minimum Gasteiger partial charge on any atom is -0.496 e. The summed E-state index contributed by atoms with van der Waals surface area (Å²) in [6.45, 7) is 2.75. The van der Waals surface area contributed by atoms with Crippen molar-refractivity contribution in [1.29, 1.82) is 0 Å². The number of hydrogen-bond donors (Lipinski definition) is 1. The molecule has 0 radical (unpaired) electrons. The summed E-state index contributed by atoms with van der Waals surface area (Å²) in [5.74, 6) is 0.943. The zero-order valence-electron chi connectivity index (χ0n) is 11.1. The van der Waals surface area contributed by atoms with Gasteiger partial charge in [-0.3, -0.25) is 5.10 Å². The number of hydrogen-bond acceptors (Lipinski definition) is 5. The van der Waals surface area contributed by atoms with E-state index in [-0.39, 0.29) is 0 Å². The monoisotopic (exact) mass is 278 g/mol. The predicted molar refractivity (Wildman–Crippen MR) is 71.4 cm³/mol. The summed E-state index contributed by atoms with van der Waals surface area (Å²) >= 11 is 0. The number of ether oxygens (including phenoxy) is 2. The van der Waals surface area contributed by atoms with Crippen LogP contribution in [0.4, 0.5) is 10.3 Å². The molecule has 0 amide bonds. The molecule has 3 rings (SSSR count). The van der Waals surface area contributed by atoms with Crippen molar-refractivity contribution in [3.63, 3.8) is 0 Å². The van der Waals surface area contributed by atoms with Crippen LogP contribution < -0.4 is 9.64 Å². The Morgan fingerprint density at radius 3 is 2.90 bits per heavy atom. The summed E-state index contributed by atoms with van der Waals surface area (Å²) < 4.78 is 24.4. The molecule has 2 aromatic rings. The number of nitrogens with one attached hydrogen (secondary N) is 1. The number of aromatic amines is 1. The third-order valence-electron chi connectivity index (χ3n) is 3.20. The first kappa shape index (κ1) is 12.9. The van der Waals surface area contributed by atoms with Gasteiger partial charge in [0, 0.05) is 13.1 Å². The van der Waals surface area contributed by atoms with Gasteiger partial charge >= 0.3 is 0 Å². The molecule has 1 saturated heterocycles. The van der Waals surface area contributed by atoms with Crippen molar-refractivity contribution in [2.75, 3.05) is 38.3 Å². The minimum atomic E-state index is -0.394. The Morgan fingerprint density at radius 2 is 2.15 bits per heavy atom. The third-order valence-corrected chi connectivity index (χ3v) is 3.20. The molecular formula is C13H15FN4O2. The summed E-state index contributed by atoms with van der Waals surface area (Å²) in [6, 6.07) is 4.65. The van der Waals surface area contributed by atoms with Crippen LogP contribution in [0, 0.1) is 5.82 Å². The number of morpholine rings is 1. The molecule has 0 atom stereocenters. The van der Waals surface area contributed by atoms with Crippen molar-refractivity contribution in [3.05, 3.63) is 24.0 Å². The van der Waals surface area contributed by atoms with E-state index in [1.54, 1.807) is 12.1 Å². The Balaban J connectivity index is 1.93. The maximum atomic E-state index is 14.0. The van der Waals surface area contributed by atoms with Crippen LogP contribution in [0.25, 0.3) is 11.4 Å². The molecule has 7 heteroatoms. The van der Waals surface area contributed by atoms with Crippen LogP contribution in [0.3, 0.4) is 0 Å². The Morgan fingerprint density at radius 1 is 1.35 bits per heavy atom. The topological polar surface area (TPSA) is 63.3 Å². The molecule has 1 N–H and O–H groups in total. The zero-order valence-corrected chi connectivity index (χ0v) is 11.1. The van der Waals surface area contributed by atoms with Crippen LogP contribution in [0.1, 0.15) is 0 Å². The molecular weight excluding hydrogens is 263 g/mol. The van der Waals surface area contributed by atoms with Gasteiger partial charge in [0.15, 0.2) is 5.82 Å². The summed E-state index contributed by atoms with van der Waals surface area (Å²) in [7, 11) is 1.50. The van der Waals surface area contributed by atoms with E-state index >= 15 is 0 Å². The number of anilines is 1. The van der Waals surface area contributed by atoms with Crippen LogP contribution in [0.15, 0.2) is 18.2 Å². The first-order valence-electron chi connectivity index (χ1n) is 6.37. The lowest BCUT2D eigenvalue weighted by Gasteiger charge is -2.25. The summed E-state index contributed by atoms with van der Waals surface area (Å²) in [6.07, 6.45) is 0. The smallest absolute Gasteiger partial charge is 0.245 e. The second-order valence-electron chi connectivity index (χ2n) is 4.40. The first-order chi connectivity index (χ1) is 9.79. The molecule has 20 heavy (non-hydrogen) atoms. The van der Waals surface area contributed by atoms with Gasteiger partial charge < -0.3 is 14.4 Å². The Bertz CT molecular complexity index is 596. The second kappa shape index (κ2) is 5.46. The normalized spacial score (nSPS) is 15.4. The van der Waals surface area contributed by atoms with E-state index < -0.39 is 5.82 Å². The van der Waals surface area contributed by atoms with Gasteiger partial charge in [0.2, 0.25) is 5.95 Å². The lowest BCUT2D eigenvalue weighted by atomic mass is 10.2. The lowest BCUT2D eigenvalue weighted by Crippen LogP contribution is -2.36. The Kier molecular flexibility index (Phi) is 3.51. The van der Waals surface area contributed by atoms with Crippen LogP contribution in [0.5, 0.6) is 5.75 Å². The van der Waals surface area contributed by atoms with Gasteiger partial charge in [-0.15, -0.1) is 5.10 Å². The highest BCUT2D eigenvalue weighted by Gasteiger charge is 2.19. The molecule has 1 fully saturated rings. The van der Waals surface area contributed by atoms with Crippen molar-refractivity contribution in [2.24, 2.45) is 0 Å². The van der Waals surface area contributed by atoms with E-state index in [9.17, 15) is 4.39 Å². The number of nitrogens with zero attached hydrogens (tertiary/aromatic N) is 3. The van der Waals surface area contributed by atoms with E-state index in [1.165, 1.54) is 13.2 Å². The van der Waals surface area contributed by atoms with E-state index in [0.29, 0.717) is 36.3 Å². The number of rotatable bonds is 3. The second-order valence-corrected chi connectivity index (χ2v) is 4.40. The Labute approximate surface area is 115 Å². The Hall–Kier alpha value is -2.15. The van der Waals surface area contributed by atoms with E-state index in [0.717, 1.165) is 13.1 Å². The average molecular weight is 278 g/mol. The van der Waals surface area contributed by atoms with Crippen molar-refractivity contribution >= 4 is 5.95 Å². The average Bonchev–Trinajstić information content (AvgIpc) is 2.97. The van der Waals surface area contributed by atoms with Crippen molar-refractivity contribution < 1.29 is 13.9 Å². The van der Waals surface area contributed by atoms with E-state index in [2.05, 4.69) is 15.2 Å². The number of benzene rings is 1. The molecule has 0 unspecified atom stereocenters. The zero-order chi connectivity index (χ0) is 13.9. The summed E-state index contributed by atoms with van der Waals surface area (Å²) in [4.78, 5) is 6.35. The first-order valence-corrected chi connectivity index (χ1v) is 6.37. The fourth-order valence-corrected chi connectivity index (χ4v) is 2.17. The van der Waals surface area contributed by atoms with Crippen LogP contribution >= 0.6 is 0 Å². The van der Waals surface area contributed by atoms with Gasteiger partial charge in [-0.25, -0.2) is 4.39 Å². The molecule has 1 aliphatic rings. The quantitative estimate of drug-likeness (QED) is 0.920. The van der Waals surface area contributed by atoms with Gasteiger partial charge in [-0.1, -0.05) is 6.07 Å². The molecule has 0 spiro atoms. The summed E-state index contributed by atoms with van der Waals surface area (Å²) in [5, 5.41) is 6.92. The van der Waals surface area contributed by atoms with Gasteiger partial charge in [0.25, 0.3) is 0 Å². The lowest BCUT2D eigenvalue weighted by molar-refractivity contribution is 0.122. The standard InChI is InChI=1S/C13H15FN4O2/c1-19-10-4-2-3-9(14)11(10)12-15-13(17-16-12)18-5-7-20-8-6-18/h2-4H,5-8H2,1H3,(H,15,16,17). The predicted octanol–water partition coefficient (Wildman–Crippen LogP) is 1.46. The number of halogens is 1. The maximum Gasteiger partial charge on any atom is 0.245 e. The van der Waals surface area contributed by atoms with Gasteiger partial charge in [0.1, 0.15) is 11.6 Å². The fourth-order valence-electron chi connectivity index (χ4n) is 2.17. The number of aromatic nitrogens is 3. The molecule has 0 bridgehead atoms. The van der Waals surface area contributed by atoms with Gasteiger partial charge in [-0.05, 0) is 12.1 Å². The molecule has 106 valence electrons. The van der Waals surface area contributed by atoms with Gasteiger partial charge in [-0.2, -0.15) is 4.98 Å². The SMILES string of the molecule is COc1cccc(F)c1-c1nc(N2CCOCC2)n[nH]1. The molecule has 2 heterocycles. The van der Waals surface area contributed by atoms with Crippen molar-refractivity contribution in [3.8, 4) is 17.1 Å². The summed E-state index contributed by atoms with van der Waals surface area (Å²) in [5.41, 5.74) is 0.294. The van der Waals surface area contributed by atoms with Crippen molar-refractivity contribution in [1.82, 2.24) is 15.2 Å². The van der Waals surface area contributed by atoms with Gasteiger partial charge in [0.05, 0.1) is 25.9 Å². The molecule has 6 nitrogen and oxygen atoms in total. The molecule has 1 aliphatic heterocycles. The third kappa shape index (κ3) is 2.32. The number of H-pyrrole nitrogens is 1. The van der Waals surface area contributed by atoms with Crippen molar-refractivity contribution in [2.45, 2.75) is 0 Å².